The molecule has 1 saturated carbocycles. The van der Waals surface area contributed by atoms with E-state index in [2.05, 4.69) is 49.4 Å². The predicted molar refractivity (Wildman–Crippen MR) is 85.4 cm³/mol. The van der Waals surface area contributed by atoms with Gasteiger partial charge in [-0.1, -0.05) is 22.9 Å². The number of carbonyl (C=O) groups excluding carboxylic acids is 2. The zero-order valence-corrected chi connectivity index (χ0v) is 14.3. The molecule has 2 amide bonds. The van der Waals surface area contributed by atoms with Crippen molar-refractivity contribution < 1.29 is 9.59 Å². The molecule has 4 nitrogen and oxygen atoms in total. The molecule has 0 saturated heterocycles. The Labute approximate surface area is 135 Å². The zero-order chi connectivity index (χ0) is 14.7. The molecule has 0 aromatic heterocycles. The minimum Gasteiger partial charge on any atom is -0.355 e. The van der Waals surface area contributed by atoms with Crippen LogP contribution in [0.15, 0.2) is 27.1 Å². The normalized spacial score (nSPS) is 20.4. The molecule has 1 aliphatic carbocycles. The van der Waals surface area contributed by atoms with Crippen molar-refractivity contribution in [2.75, 3.05) is 11.9 Å². The molecule has 108 valence electrons. The largest absolute Gasteiger partial charge is 0.355 e. The summed E-state index contributed by atoms with van der Waals surface area (Å²) in [6.07, 6.45) is 1.24. The summed E-state index contributed by atoms with van der Waals surface area (Å²) in [6.45, 7) is 2.43. The summed E-state index contributed by atoms with van der Waals surface area (Å²) in [5.41, 5.74) is 0.723. The highest BCUT2D eigenvalue weighted by Gasteiger charge is 2.38. The lowest BCUT2D eigenvalue weighted by Gasteiger charge is -2.08. The maximum Gasteiger partial charge on any atom is 0.226 e. The van der Waals surface area contributed by atoms with Crippen LogP contribution >= 0.6 is 31.9 Å². The van der Waals surface area contributed by atoms with Crippen LogP contribution in [0.3, 0.4) is 0 Å². The first-order chi connectivity index (χ1) is 9.47. The molecule has 0 heterocycles. The van der Waals surface area contributed by atoms with Crippen molar-refractivity contribution in [1.82, 2.24) is 5.32 Å². The van der Waals surface area contributed by atoms with E-state index < -0.39 is 0 Å². The zero-order valence-electron chi connectivity index (χ0n) is 11.1. The average Bonchev–Trinajstić information content (AvgIpc) is 3.10. The van der Waals surface area contributed by atoms with E-state index in [1.54, 1.807) is 0 Å². The van der Waals surface area contributed by atoms with E-state index in [0.717, 1.165) is 21.1 Å². The fraction of sp³-hybridized carbons (Fsp3) is 0.429. The third-order valence-corrected chi connectivity index (χ3v) is 4.45. The van der Waals surface area contributed by atoms with Crippen molar-refractivity contribution in [3.8, 4) is 0 Å². The molecule has 2 rings (SSSR count). The molecule has 2 N–H and O–H groups in total. The molecule has 0 bridgehead atoms. The van der Waals surface area contributed by atoms with Crippen molar-refractivity contribution in [2.24, 2.45) is 11.8 Å². The van der Waals surface area contributed by atoms with Crippen LogP contribution in [0.1, 0.15) is 19.8 Å². The average molecular weight is 404 g/mol. The van der Waals surface area contributed by atoms with Crippen LogP contribution < -0.4 is 10.6 Å². The molecular weight excluding hydrogens is 388 g/mol. The topological polar surface area (TPSA) is 58.2 Å². The van der Waals surface area contributed by atoms with Crippen LogP contribution in [0, 0.1) is 11.8 Å². The van der Waals surface area contributed by atoms with Gasteiger partial charge in [-0.3, -0.25) is 9.59 Å². The summed E-state index contributed by atoms with van der Waals surface area (Å²) in [4.78, 5) is 23.4. The van der Waals surface area contributed by atoms with E-state index in [0.29, 0.717) is 12.5 Å². The van der Waals surface area contributed by atoms with Crippen LogP contribution in [0.4, 0.5) is 5.69 Å². The minimum absolute atomic E-state index is 0.0649. The Morgan fingerprint density at radius 1 is 1.35 bits per heavy atom. The van der Waals surface area contributed by atoms with E-state index in [1.807, 2.05) is 18.2 Å². The van der Waals surface area contributed by atoms with Gasteiger partial charge in [0.05, 0.1) is 5.69 Å². The fourth-order valence-electron chi connectivity index (χ4n) is 1.92. The Morgan fingerprint density at radius 2 is 2.05 bits per heavy atom. The first-order valence-electron chi connectivity index (χ1n) is 6.50. The van der Waals surface area contributed by atoms with E-state index in [9.17, 15) is 9.59 Å². The van der Waals surface area contributed by atoms with Crippen molar-refractivity contribution >= 4 is 49.4 Å². The molecule has 6 heteroatoms. The summed E-state index contributed by atoms with van der Waals surface area (Å²) in [5.74, 6) is 0.591. The van der Waals surface area contributed by atoms with Gasteiger partial charge >= 0.3 is 0 Å². The third-order valence-electron chi connectivity index (χ3n) is 3.30. The number of carbonyl (C=O) groups is 2. The third kappa shape index (κ3) is 4.31. The Bertz CT molecular complexity index is 534. The SMILES string of the molecule is C[C@H]1C[C@@H]1C(=O)NCCC(=O)Nc1ccc(Br)cc1Br. The van der Waals surface area contributed by atoms with Gasteiger partial charge in [-0.2, -0.15) is 0 Å². The minimum atomic E-state index is -0.114. The van der Waals surface area contributed by atoms with Gasteiger partial charge in [-0.25, -0.2) is 0 Å². The number of nitrogens with one attached hydrogen (secondary N) is 2. The van der Waals surface area contributed by atoms with Crippen LogP contribution in [0.25, 0.3) is 0 Å². The number of halogens is 2. The van der Waals surface area contributed by atoms with Gasteiger partial charge in [0.1, 0.15) is 0 Å². The standard InChI is InChI=1S/C14H16Br2N2O2/c1-8-6-10(8)14(20)17-5-4-13(19)18-12-3-2-9(15)7-11(12)16/h2-3,7-8,10H,4-6H2,1H3,(H,17,20)(H,18,19)/t8-,10-/m0/s1. The molecular formula is C14H16Br2N2O2. The van der Waals surface area contributed by atoms with Gasteiger partial charge < -0.3 is 10.6 Å². The van der Waals surface area contributed by atoms with Crippen LogP contribution in [-0.2, 0) is 9.59 Å². The number of hydrogen-bond acceptors (Lipinski definition) is 2. The molecule has 2 atom stereocenters. The molecule has 0 radical (unpaired) electrons. The smallest absolute Gasteiger partial charge is 0.226 e. The molecule has 20 heavy (non-hydrogen) atoms. The lowest BCUT2D eigenvalue weighted by Crippen LogP contribution is -2.29. The highest BCUT2D eigenvalue weighted by atomic mass is 79.9. The van der Waals surface area contributed by atoms with Gasteiger partial charge in [0, 0.05) is 27.8 Å². The maximum atomic E-state index is 11.8. The Hall–Kier alpha value is -0.880. The van der Waals surface area contributed by atoms with Crippen LogP contribution in [0.2, 0.25) is 0 Å². The number of rotatable bonds is 5. The fourth-order valence-corrected chi connectivity index (χ4v) is 3.07. The lowest BCUT2D eigenvalue weighted by molar-refractivity contribution is -0.122. The second-order valence-electron chi connectivity index (χ2n) is 5.03. The van der Waals surface area contributed by atoms with E-state index in [4.69, 9.17) is 0 Å². The summed E-state index contributed by atoms with van der Waals surface area (Å²) in [5, 5.41) is 5.60. The summed E-state index contributed by atoms with van der Waals surface area (Å²) in [7, 11) is 0. The Kier molecular flexibility index (Phi) is 5.21. The van der Waals surface area contributed by atoms with Crippen molar-refractivity contribution in [2.45, 2.75) is 19.8 Å². The van der Waals surface area contributed by atoms with Crippen LogP contribution in [0.5, 0.6) is 0 Å². The highest BCUT2D eigenvalue weighted by Crippen LogP contribution is 2.37. The van der Waals surface area contributed by atoms with Gasteiger partial charge in [0.2, 0.25) is 11.8 Å². The van der Waals surface area contributed by atoms with Crippen molar-refractivity contribution in [3.05, 3.63) is 27.1 Å². The van der Waals surface area contributed by atoms with Crippen molar-refractivity contribution in [1.29, 1.82) is 0 Å². The Morgan fingerprint density at radius 3 is 2.65 bits per heavy atom. The second kappa shape index (κ2) is 6.72. The van der Waals surface area contributed by atoms with Crippen LogP contribution in [-0.4, -0.2) is 18.4 Å². The van der Waals surface area contributed by atoms with Gasteiger partial charge in [0.25, 0.3) is 0 Å². The maximum absolute atomic E-state index is 11.8. The van der Waals surface area contributed by atoms with E-state index in [1.165, 1.54) is 0 Å². The second-order valence-corrected chi connectivity index (χ2v) is 6.80. The number of anilines is 1. The van der Waals surface area contributed by atoms with Crippen molar-refractivity contribution in [3.63, 3.8) is 0 Å². The summed E-state index contributed by atoms with van der Waals surface area (Å²) < 4.78 is 1.75. The lowest BCUT2D eigenvalue weighted by atomic mass is 10.3. The van der Waals surface area contributed by atoms with E-state index in [-0.39, 0.29) is 24.2 Å². The molecule has 1 fully saturated rings. The van der Waals surface area contributed by atoms with Gasteiger partial charge in [0.15, 0.2) is 0 Å². The molecule has 0 unspecified atom stereocenters. The Balaban J connectivity index is 1.73. The monoisotopic (exact) mass is 402 g/mol. The summed E-state index contributed by atoms with van der Waals surface area (Å²) in [6, 6.07) is 5.54. The highest BCUT2D eigenvalue weighted by molar-refractivity contribution is 9.11. The van der Waals surface area contributed by atoms with Gasteiger partial charge in [-0.05, 0) is 46.5 Å². The number of amides is 2. The molecule has 1 aliphatic rings. The molecule has 1 aromatic rings. The van der Waals surface area contributed by atoms with E-state index >= 15 is 0 Å². The summed E-state index contributed by atoms with van der Waals surface area (Å²) >= 11 is 6.74. The number of benzene rings is 1. The number of hydrogen-bond donors (Lipinski definition) is 2. The van der Waals surface area contributed by atoms with Gasteiger partial charge in [-0.15, -0.1) is 0 Å². The quantitative estimate of drug-likeness (QED) is 0.792. The molecule has 0 aliphatic heterocycles. The molecule has 0 spiro atoms. The first-order valence-corrected chi connectivity index (χ1v) is 8.08. The predicted octanol–water partition coefficient (Wildman–Crippen LogP) is 3.31. The molecule has 1 aromatic carbocycles. The first kappa shape index (κ1) is 15.5.